The largest absolute Gasteiger partial charge is 0.395 e. The topological polar surface area (TPSA) is 60.6 Å². The quantitative estimate of drug-likeness (QED) is 0.622. The highest BCUT2D eigenvalue weighted by atomic mass is 79.9. The molecule has 1 aromatic carbocycles. The predicted octanol–water partition coefficient (Wildman–Crippen LogP) is 4.62. The van der Waals surface area contributed by atoms with E-state index in [4.69, 9.17) is 20.2 Å². The second kappa shape index (κ2) is 10.1. The number of pyridine rings is 1. The summed E-state index contributed by atoms with van der Waals surface area (Å²) in [6.07, 6.45) is 0. The number of rotatable bonds is 9. The van der Waals surface area contributed by atoms with Crippen LogP contribution in [0.15, 0.2) is 28.7 Å². The van der Waals surface area contributed by atoms with Crippen molar-refractivity contribution >= 4 is 27.3 Å². The van der Waals surface area contributed by atoms with Gasteiger partial charge in [-0.25, -0.2) is 0 Å². The molecule has 148 valence electrons. The molecule has 2 N–H and O–H groups in total. The highest BCUT2D eigenvalue weighted by molar-refractivity contribution is 9.10. The molecule has 0 spiro atoms. The maximum absolute atomic E-state index is 6.59. The van der Waals surface area contributed by atoms with Gasteiger partial charge < -0.3 is 20.1 Å². The molecule has 0 fully saturated rings. The lowest BCUT2D eigenvalue weighted by Crippen LogP contribution is -2.31. The van der Waals surface area contributed by atoms with E-state index in [0.29, 0.717) is 24.8 Å². The van der Waals surface area contributed by atoms with Gasteiger partial charge in [0.05, 0.1) is 30.3 Å². The van der Waals surface area contributed by atoms with Crippen molar-refractivity contribution in [3.63, 3.8) is 0 Å². The van der Waals surface area contributed by atoms with Gasteiger partial charge in [-0.15, -0.1) is 0 Å². The SMILES string of the molecule is COCCN(CCOC)c1cc(C)nc(-c2ccc(C(C)C)cc2Br)c1N. The van der Waals surface area contributed by atoms with Gasteiger partial charge in [-0.05, 0) is 30.5 Å². The summed E-state index contributed by atoms with van der Waals surface area (Å²) in [5.74, 6) is 0.465. The summed E-state index contributed by atoms with van der Waals surface area (Å²) in [6.45, 7) is 9.07. The van der Waals surface area contributed by atoms with E-state index in [2.05, 4.69) is 52.9 Å². The van der Waals surface area contributed by atoms with Crippen molar-refractivity contribution in [2.24, 2.45) is 0 Å². The third-order valence-electron chi connectivity index (χ3n) is 4.55. The van der Waals surface area contributed by atoms with Crippen LogP contribution in [0.2, 0.25) is 0 Å². The van der Waals surface area contributed by atoms with E-state index in [1.54, 1.807) is 14.2 Å². The Labute approximate surface area is 171 Å². The summed E-state index contributed by atoms with van der Waals surface area (Å²) >= 11 is 3.71. The van der Waals surface area contributed by atoms with Crippen LogP contribution in [-0.4, -0.2) is 45.5 Å². The molecule has 0 aliphatic rings. The van der Waals surface area contributed by atoms with Crippen molar-refractivity contribution in [2.75, 3.05) is 51.2 Å². The Balaban J connectivity index is 2.50. The van der Waals surface area contributed by atoms with Crippen LogP contribution in [0, 0.1) is 6.92 Å². The Morgan fingerprint density at radius 3 is 2.26 bits per heavy atom. The van der Waals surface area contributed by atoms with Crippen LogP contribution in [-0.2, 0) is 9.47 Å². The fourth-order valence-corrected chi connectivity index (χ4v) is 3.56. The minimum Gasteiger partial charge on any atom is -0.395 e. The number of nitrogens with zero attached hydrogens (tertiary/aromatic N) is 2. The summed E-state index contributed by atoms with van der Waals surface area (Å²) in [6, 6.07) is 8.41. The van der Waals surface area contributed by atoms with E-state index in [-0.39, 0.29) is 0 Å². The van der Waals surface area contributed by atoms with E-state index < -0.39 is 0 Å². The number of benzene rings is 1. The molecular weight excluding hydrogens is 406 g/mol. The zero-order chi connectivity index (χ0) is 20.0. The molecule has 1 aromatic heterocycles. The smallest absolute Gasteiger partial charge is 0.0967 e. The second-order valence-corrected chi connectivity index (χ2v) is 7.77. The molecule has 0 unspecified atom stereocenters. The van der Waals surface area contributed by atoms with Crippen LogP contribution < -0.4 is 10.6 Å². The molecule has 0 atom stereocenters. The molecule has 0 aliphatic heterocycles. The molecule has 0 bridgehead atoms. The van der Waals surface area contributed by atoms with Crippen molar-refractivity contribution in [1.29, 1.82) is 0 Å². The maximum atomic E-state index is 6.59. The van der Waals surface area contributed by atoms with Crippen molar-refractivity contribution in [3.05, 3.63) is 40.0 Å². The molecule has 6 heteroatoms. The Morgan fingerprint density at radius 1 is 1.11 bits per heavy atom. The fourth-order valence-electron chi connectivity index (χ4n) is 2.97. The van der Waals surface area contributed by atoms with E-state index in [1.807, 2.05) is 13.0 Å². The zero-order valence-electron chi connectivity index (χ0n) is 16.9. The number of aromatic nitrogens is 1. The molecule has 2 aromatic rings. The molecule has 0 radical (unpaired) electrons. The number of nitrogen functional groups attached to an aromatic ring is 1. The van der Waals surface area contributed by atoms with Gasteiger partial charge >= 0.3 is 0 Å². The first kappa shape index (κ1) is 21.7. The maximum Gasteiger partial charge on any atom is 0.0967 e. The first-order valence-corrected chi connectivity index (χ1v) is 9.98. The van der Waals surface area contributed by atoms with E-state index >= 15 is 0 Å². The molecule has 2 rings (SSSR count). The predicted molar refractivity (Wildman–Crippen MR) is 117 cm³/mol. The number of anilines is 2. The summed E-state index contributed by atoms with van der Waals surface area (Å²) in [7, 11) is 3.41. The molecule has 27 heavy (non-hydrogen) atoms. The van der Waals surface area contributed by atoms with E-state index in [1.165, 1.54) is 5.56 Å². The number of hydrogen-bond donors (Lipinski definition) is 1. The van der Waals surface area contributed by atoms with Crippen LogP contribution in [0.5, 0.6) is 0 Å². The van der Waals surface area contributed by atoms with Crippen LogP contribution in [0.25, 0.3) is 11.3 Å². The molecule has 0 amide bonds. The van der Waals surface area contributed by atoms with Crippen molar-refractivity contribution in [3.8, 4) is 11.3 Å². The lowest BCUT2D eigenvalue weighted by molar-refractivity contribution is 0.190. The van der Waals surface area contributed by atoms with E-state index in [0.717, 1.165) is 40.2 Å². The first-order chi connectivity index (χ1) is 12.9. The minimum absolute atomic E-state index is 0.465. The van der Waals surface area contributed by atoms with Crippen LogP contribution in [0.4, 0.5) is 11.4 Å². The second-order valence-electron chi connectivity index (χ2n) is 6.91. The van der Waals surface area contributed by atoms with Gasteiger partial charge in [0.25, 0.3) is 0 Å². The van der Waals surface area contributed by atoms with Crippen LogP contribution in [0.3, 0.4) is 0 Å². The lowest BCUT2D eigenvalue weighted by atomic mass is 9.99. The summed E-state index contributed by atoms with van der Waals surface area (Å²) in [5, 5.41) is 0. The van der Waals surface area contributed by atoms with Gasteiger partial charge in [0, 0.05) is 43.0 Å². The monoisotopic (exact) mass is 435 g/mol. The number of methoxy groups -OCH3 is 2. The van der Waals surface area contributed by atoms with Crippen molar-refractivity contribution in [1.82, 2.24) is 4.98 Å². The van der Waals surface area contributed by atoms with Gasteiger partial charge in [0.15, 0.2) is 0 Å². The Morgan fingerprint density at radius 2 is 1.74 bits per heavy atom. The molecular formula is C21H30BrN3O2. The number of ether oxygens (including phenoxy) is 2. The molecule has 5 nitrogen and oxygen atoms in total. The Bertz CT molecular complexity index is 757. The van der Waals surface area contributed by atoms with E-state index in [9.17, 15) is 0 Å². The average molecular weight is 436 g/mol. The van der Waals surface area contributed by atoms with Crippen LogP contribution in [0.1, 0.15) is 31.0 Å². The Hall–Kier alpha value is -1.63. The zero-order valence-corrected chi connectivity index (χ0v) is 18.5. The highest BCUT2D eigenvalue weighted by Crippen LogP contribution is 2.37. The summed E-state index contributed by atoms with van der Waals surface area (Å²) < 4.78 is 11.5. The normalized spacial score (nSPS) is 11.2. The fraction of sp³-hybridized carbons (Fsp3) is 0.476. The van der Waals surface area contributed by atoms with Crippen LogP contribution >= 0.6 is 15.9 Å². The van der Waals surface area contributed by atoms with Gasteiger partial charge in [0.1, 0.15) is 0 Å². The minimum atomic E-state index is 0.465. The summed E-state index contributed by atoms with van der Waals surface area (Å²) in [5.41, 5.74) is 12.2. The number of nitrogens with two attached hydrogens (primary N) is 1. The third kappa shape index (κ3) is 5.43. The number of hydrogen-bond acceptors (Lipinski definition) is 5. The van der Waals surface area contributed by atoms with Crippen molar-refractivity contribution < 1.29 is 9.47 Å². The van der Waals surface area contributed by atoms with Gasteiger partial charge in [-0.1, -0.05) is 41.9 Å². The number of halogens is 1. The highest BCUT2D eigenvalue weighted by Gasteiger charge is 2.18. The standard InChI is InChI=1S/C21H30BrN3O2/c1-14(2)16-6-7-17(18(22)13-16)21-20(23)19(12-15(3)24-21)25(8-10-26-4)9-11-27-5/h6-7,12-14H,8-11,23H2,1-5H3. The lowest BCUT2D eigenvalue weighted by Gasteiger charge is -2.27. The summed E-state index contributed by atoms with van der Waals surface area (Å²) in [4.78, 5) is 6.93. The molecule has 0 saturated heterocycles. The van der Waals surface area contributed by atoms with Gasteiger partial charge in [-0.2, -0.15) is 0 Å². The van der Waals surface area contributed by atoms with Gasteiger partial charge in [-0.3, -0.25) is 4.98 Å². The van der Waals surface area contributed by atoms with Crippen molar-refractivity contribution in [2.45, 2.75) is 26.7 Å². The Kier molecular flexibility index (Phi) is 8.07. The molecule has 0 saturated carbocycles. The average Bonchev–Trinajstić information content (AvgIpc) is 2.64. The first-order valence-electron chi connectivity index (χ1n) is 9.18. The molecule has 0 aliphatic carbocycles. The molecule has 1 heterocycles. The van der Waals surface area contributed by atoms with Gasteiger partial charge in [0.2, 0.25) is 0 Å². The number of aryl methyl sites for hydroxylation is 1. The third-order valence-corrected chi connectivity index (χ3v) is 5.21.